The summed E-state index contributed by atoms with van der Waals surface area (Å²) in [6, 6.07) is 16.9. The van der Waals surface area contributed by atoms with Crippen LogP contribution in [0.5, 0.6) is 0 Å². The van der Waals surface area contributed by atoms with E-state index < -0.39 is 10.0 Å². The summed E-state index contributed by atoms with van der Waals surface area (Å²) in [6.07, 6.45) is 0. The van der Waals surface area contributed by atoms with Crippen molar-refractivity contribution in [2.75, 3.05) is 5.32 Å². The molecule has 0 spiro atoms. The van der Waals surface area contributed by atoms with Gasteiger partial charge < -0.3 is 5.32 Å². The lowest BCUT2D eigenvalue weighted by atomic mass is 10.1. The molecule has 3 aromatic carbocycles. The second-order valence-corrected chi connectivity index (χ2v) is 9.55. The maximum Gasteiger partial charge on any atom is 0.273 e. The molecule has 0 amide bonds. The molecule has 28 heavy (non-hydrogen) atoms. The van der Waals surface area contributed by atoms with Crippen LogP contribution in [0.1, 0.15) is 5.56 Å². The second kappa shape index (κ2) is 6.23. The van der Waals surface area contributed by atoms with E-state index in [-0.39, 0.29) is 16.0 Å². The van der Waals surface area contributed by atoms with Gasteiger partial charge in [0.05, 0.1) is 0 Å². The molecule has 1 N–H and O–H groups in total. The number of halogens is 1. The van der Waals surface area contributed by atoms with Crippen molar-refractivity contribution in [3.05, 3.63) is 65.2 Å². The number of benzene rings is 3. The van der Waals surface area contributed by atoms with Gasteiger partial charge in [0.1, 0.15) is 4.90 Å². The standard InChI is InChI=1S/C19H13ClN4O2S2/c1-11-9-17-16(10-14(11)20)27-19-23-22-18(24(19)28(17,25)26)21-15-8-4-6-12-5-2-3-7-13(12)15/h2-10H,1H3,(H,21,22). The number of anilines is 2. The summed E-state index contributed by atoms with van der Waals surface area (Å²) in [4.78, 5) is 0.750. The first-order valence-corrected chi connectivity index (χ1v) is 11.0. The van der Waals surface area contributed by atoms with Crippen molar-refractivity contribution in [1.29, 1.82) is 0 Å². The lowest BCUT2D eigenvalue weighted by Crippen LogP contribution is -2.20. The summed E-state index contributed by atoms with van der Waals surface area (Å²) in [7, 11) is -3.85. The van der Waals surface area contributed by atoms with Crippen molar-refractivity contribution in [3.63, 3.8) is 0 Å². The summed E-state index contributed by atoms with van der Waals surface area (Å²) < 4.78 is 27.7. The first-order valence-electron chi connectivity index (χ1n) is 8.39. The van der Waals surface area contributed by atoms with E-state index in [1.54, 1.807) is 19.1 Å². The van der Waals surface area contributed by atoms with Crippen molar-refractivity contribution in [2.45, 2.75) is 21.9 Å². The quantitative estimate of drug-likeness (QED) is 0.433. The van der Waals surface area contributed by atoms with Crippen LogP contribution in [0, 0.1) is 6.92 Å². The van der Waals surface area contributed by atoms with Crippen LogP contribution in [0.3, 0.4) is 0 Å². The third-order valence-electron chi connectivity index (χ3n) is 4.58. The summed E-state index contributed by atoms with van der Waals surface area (Å²) in [5.41, 5.74) is 1.45. The maximum absolute atomic E-state index is 13.3. The Kier molecular flexibility index (Phi) is 3.90. The van der Waals surface area contributed by atoms with Crippen molar-refractivity contribution in [2.24, 2.45) is 0 Å². The summed E-state index contributed by atoms with van der Waals surface area (Å²) in [5.74, 6) is 0.150. The van der Waals surface area contributed by atoms with E-state index in [1.165, 1.54) is 11.8 Å². The van der Waals surface area contributed by atoms with Crippen LogP contribution in [0.15, 0.2) is 69.5 Å². The molecule has 4 aromatic rings. The highest BCUT2D eigenvalue weighted by Crippen LogP contribution is 2.43. The van der Waals surface area contributed by atoms with Crippen LogP contribution in [0.2, 0.25) is 5.02 Å². The Bertz CT molecular complexity index is 1360. The Hall–Kier alpha value is -2.55. The molecule has 0 saturated carbocycles. The molecule has 0 radical (unpaired) electrons. The Morgan fingerprint density at radius 1 is 1.07 bits per heavy atom. The molecule has 2 heterocycles. The van der Waals surface area contributed by atoms with Crippen LogP contribution in [0.25, 0.3) is 10.8 Å². The molecule has 6 nitrogen and oxygen atoms in total. The fourth-order valence-electron chi connectivity index (χ4n) is 3.19. The molecule has 1 aliphatic rings. The minimum absolute atomic E-state index is 0.150. The summed E-state index contributed by atoms with van der Waals surface area (Å²) in [5, 5.41) is 14.1. The zero-order valence-corrected chi connectivity index (χ0v) is 16.9. The SMILES string of the molecule is Cc1cc2c(cc1Cl)Sc1nnc(Nc3cccc4ccccc34)n1S2(=O)=O. The van der Waals surface area contributed by atoms with Gasteiger partial charge >= 0.3 is 0 Å². The largest absolute Gasteiger partial charge is 0.323 e. The molecule has 1 aromatic heterocycles. The molecule has 1 aliphatic heterocycles. The molecule has 0 bridgehead atoms. The van der Waals surface area contributed by atoms with E-state index in [0.29, 0.717) is 15.5 Å². The Morgan fingerprint density at radius 3 is 2.71 bits per heavy atom. The number of fused-ring (bicyclic) bond motifs is 3. The van der Waals surface area contributed by atoms with E-state index in [1.807, 2.05) is 42.5 Å². The van der Waals surface area contributed by atoms with Gasteiger partial charge in [0, 0.05) is 21.0 Å². The van der Waals surface area contributed by atoms with Crippen molar-refractivity contribution < 1.29 is 8.42 Å². The molecule has 140 valence electrons. The third kappa shape index (κ3) is 2.60. The molecule has 9 heteroatoms. The van der Waals surface area contributed by atoms with Crippen LogP contribution in [0.4, 0.5) is 11.6 Å². The molecular formula is C19H13ClN4O2S2. The van der Waals surface area contributed by atoms with Crippen molar-refractivity contribution in [1.82, 2.24) is 14.2 Å². The van der Waals surface area contributed by atoms with Gasteiger partial charge in [-0.1, -0.05) is 48.0 Å². The van der Waals surface area contributed by atoms with Gasteiger partial charge in [-0.2, -0.15) is 3.97 Å². The predicted molar refractivity (Wildman–Crippen MR) is 110 cm³/mol. The zero-order valence-electron chi connectivity index (χ0n) is 14.5. The molecule has 0 unspecified atom stereocenters. The number of nitrogens with zero attached hydrogens (tertiary/aromatic N) is 3. The number of nitrogens with one attached hydrogen (secondary N) is 1. The monoisotopic (exact) mass is 428 g/mol. The maximum atomic E-state index is 13.3. The van der Waals surface area contributed by atoms with Crippen LogP contribution >= 0.6 is 23.4 Å². The van der Waals surface area contributed by atoms with Crippen molar-refractivity contribution >= 4 is 55.8 Å². The molecule has 0 aliphatic carbocycles. The number of rotatable bonds is 2. The van der Waals surface area contributed by atoms with Crippen LogP contribution in [-0.4, -0.2) is 22.6 Å². The fraction of sp³-hybridized carbons (Fsp3) is 0.0526. The second-order valence-electron chi connectivity index (χ2n) is 6.38. The minimum Gasteiger partial charge on any atom is -0.323 e. The smallest absolute Gasteiger partial charge is 0.273 e. The molecule has 5 rings (SSSR count). The van der Waals surface area contributed by atoms with E-state index in [4.69, 9.17) is 11.6 Å². The normalized spacial score (nSPS) is 14.5. The molecule has 0 atom stereocenters. The molecule has 0 fully saturated rings. The van der Waals surface area contributed by atoms with Crippen molar-refractivity contribution in [3.8, 4) is 0 Å². The topological polar surface area (TPSA) is 76.9 Å². The highest BCUT2D eigenvalue weighted by molar-refractivity contribution is 8.01. The fourth-order valence-corrected chi connectivity index (χ4v) is 6.43. The number of aryl methyl sites for hydroxylation is 1. The lowest BCUT2D eigenvalue weighted by Gasteiger charge is -2.19. The summed E-state index contributed by atoms with van der Waals surface area (Å²) >= 11 is 7.40. The molecular weight excluding hydrogens is 416 g/mol. The number of aromatic nitrogens is 3. The first-order chi connectivity index (χ1) is 13.4. The first kappa shape index (κ1) is 17.5. The average molecular weight is 429 g/mol. The van der Waals surface area contributed by atoms with E-state index >= 15 is 0 Å². The predicted octanol–water partition coefficient (Wildman–Crippen LogP) is 4.84. The van der Waals surface area contributed by atoms with Gasteiger partial charge in [0.15, 0.2) is 0 Å². The zero-order chi connectivity index (χ0) is 19.5. The summed E-state index contributed by atoms with van der Waals surface area (Å²) in [6.45, 7) is 1.78. The van der Waals surface area contributed by atoms with E-state index in [2.05, 4.69) is 15.5 Å². The van der Waals surface area contributed by atoms with Crippen LogP contribution < -0.4 is 5.32 Å². The highest BCUT2D eigenvalue weighted by atomic mass is 35.5. The molecule has 0 saturated heterocycles. The highest BCUT2D eigenvalue weighted by Gasteiger charge is 2.34. The van der Waals surface area contributed by atoms with Gasteiger partial charge in [0.2, 0.25) is 11.1 Å². The Balaban J connectivity index is 1.65. The van der Waals surface area contributed by atoms with Gasteiger partial charge in [-0.15, -0.1) is 10.2 Å². The minimum atomic E-state index is -3.85. The number of hydrogen-bond acceptors (Lipinski definition) is 6. The Morgan fingerprint density at radius 2 is 1.86 bits per heavy atom. The lowest BCUT2D eigenvalue weighted by molar-refractivity contribution is 0.579. The van der Waals surface area contributed by atoms with Gasteiger partial charge in [-0.3, -0.25) is 0 Å². The van der Waals surface area contributed by atoms with Gasteiger partial charge in [0.25, 0.3) is 10.0 Å². The van der Waals surface area contributed by atoms with E-state index in [0.717, 1.165) is 20.4 Å². The third-order valence-corrected chi connectivity index (χ3v) is 7.95. The van der Waals surface area contributed by atoms with Gasteiger partial charge in [-0.25, -0.2) is 8.42 Å². The van der Waals surface area contributed by atoms with Gasteiger partial charge in [-0.05, 0) is 47.8 Å². The van der Waals surface area contributed by atoms with E-state index in [9.17, 15) is 8.42 Å². The Labute approximate surface area is 170 Å². The average Bonchev–Trinajstić information content (AvgIpc) is 3.07. The number of hydrogen-bond donors (Lipinski definition) is 1. The van der Waals surface area contributed by atoms with Crippen LogP contribution in [-0.2, 0) is 10.0 Å².